The number of methoxy groups -OCH3 is 1. The van der Waals surface area contributed by atoms with Crippen LogP contribution >= 0.6 is 0 Å². The molecule has 0 unspecified atom stereocenters. The van der Waals surface area contributed by atoms with E-state index in [1.54, 1.807) is 20.1 Å². The van der Waals surface area contributed by atoms with Gasteiger partial charge in [0.25, 0.3) is 5.56 Å². The minimum absolute atomic E-state index is 0.145. The molecular weight excluding hydrogens is 342 g/mol. The van der Waals surface area contributed by atoms with Crippen LogP contribution in [0.4, 0.5) is 5.69 Å². The van der Waals surface area contributed by atoms with Crippen molar-refractivity contribution in [1.82, 2.24) is 9.55 Å². The Hall–Kier alpha value is -3.41. The van der Waals surface area contributed by atoms with Gasteiger partial charge in [0.05, 0.1) is 12.8 Å². The molecule has 0 spiro atoms. The Bertz CT molecular complexity index is 1030. The number of hydrogen-bond acceptors (Lipinski definition) is 4. The molecule has 1 N–H and O–H groups in total. The maximum absolute atomic E-state index is 12.6. The second-order valence-electron chi connectivity index (χ2n) is 6.26. The summed E-state index contributed by atoms with van der Waals surface area (Å²) in [5.74, 6) is 0.697. The van der Waals surface area contributed by atoms with E-state index in [9.17, 15) is 9.59 Å². The van der Waals surface area contributed by atoms with E-state index in [1.807, 2.05) is 49.4 Å². The zero-order valence-electron chi connectivity index (χ0n) is 15.5. The third-order valence-electron chi connectivity index (χ3n) is 4.10. The van der Waals surface area contributed by atoms with Crippen LogP contribution in [0.5, 0.6) is 5.75 Å². The van der Waals surface area contributed by atoms with E-state index in [2.05, 4.69) is 10.3 Å². The summed E-state index contributed by atoms with van der Waals surface area (Å²) >= 11 is 0. The molecule has 6 heteroatoms. The number of amides is 1. The molecule has 0 fully saturated rings. The molecule has 0 aliphatic carbocycles. The normalized spacial score (nSPS) is 10.5. The molecule has 27 heavy (non-hydrogen) atoms. The highest BCUT2D eigenvalue weighted by molar-refractivity contribution is 5.92. The molecule has 0 saturated carbocycles. The molecular formula is C21H21N3O3. The number of anilines is 1. The maximum atomic E-state index is 12.6. The number of carbonyl (C=O) groups is 1. The zero-order chi connectivity index (χ0) is 19.4. The van der Waals surface area contributed by atoms with Gasteiger partial charge in [-0.15, -0.1) is 0 Å². The first kappa shape index (κ1) is 18.4. The lowest BCUT2D eigenvalue weighted by Gasteiger charge is -2.14. The van der Waals surface area contributed by atoms with Crippen molar-refractivity contribution in [3.63, 3.8) is 0 Å². The van der Waals surface area contributed by atoms with E-state index in [4.69, 9.17) is 4.74 Å². The Morgan fingerprint density at radius 2 is 1.85 bits per heavy atom. The van der Waals surface area contributed by atoms with Crippen LogP contribution in [-0.4, -0.2) is 22.6 Å². The van der Waals surface area contributed by atoms with Crippen molar-refractivity contribution in [1.29, 1.82) is 0 Å². The van der Waals surface area contributed by atoms with Gasteiger partial charge in [0.2, 0.25) is 5.91 Å². The van der Waals surface area contributed by atoms with Gasteiger partial charge in [-0.2, -0.15) is 0 Å². The van der Waals surface area contributed by atoms with Gasteiger partial charge in [0, 0.05) is 17.3 Å². The van der Waals surface area contributed by atoms with E-state index in [-0.39, 0.29) is 18.0 Å². The standard InChI is InChI=1S/C21H21N3O3/c1-14-9-10-18(27-3)17(11-14)23-19(25)13-24-20(26)12-15(2)22-21(24)16-7-5-4-6-8-16/h4-12H,13H2,1-3H3,(H,23,25). The van der Waals surface area contributed by atoms with Crippen molar-refractivity contribution in [2.45, 2.75) is 20.4 Å². The van der Waals surface area contributed by atoms with Crippen molar-refractivity contribution in [2.75, 3.05) is 12.4 Å². The number of rotatable bonds is 5. The van der Waals surface area contributed by atoms with E-state index in [0.29, 0.717) is 23.0 Å². The van der Waals surface area contributed by atoms with Crippen LogP contribution in [0.2, 0.25) is 0 Å². The lowest BCUT2D eigenvalue weighted by atomic mass is 10.2. The number of benzene rings is 2. The number of hydrogen-bond donors (Lipinski definition) is 1. The summed E-state index contributed by atoms with van der Waals surface area (Å²) in [6.45, 7) is 3.54. The first-order chi connectivity index (χ1) is 13.0. The molecule has 0 bridgehead atoms. The second kappa shape index (κ2) is 7.86. The first-order valence-corrected chi connectivity index (χ1v) is 8.56. The molecule has 138 valence electrons. The zero-order valence-corrected chi connectivity index (χ0v) is 15.5. The number of aromatic nitrogens is 2. The second-order valence-corrected chi connectivity index (χ2v) is 6.26. The summed E-state index contributed by atoms with van der Waals surface area (Å²) in [7, 11) is 1.54. The third kappa shape index (κ3) is 4.23. The average Bonchev–Trinajstić information content (AvgIpc) is 2.64. The fourth-order valence-electron chi connectivity index (χ4n) is 2.83. The van der Waals surface area contributed by atoms with Crippen LogP contribution in [-0.2, 0) is 11.3 Å². The predicted molar refractivity (Wildman–Crippen MR) is 105 cm³/mol. The summed E-state index contributed by atoms with van der Waals surface area (Å²) in [6.07, 6.45) is 0. The van der Waals surface area contributed by atoms with Gasteiger partial charge >= 0.3 is 0 Å². The van der Waals surface area contributed by atoms with Crippen molar-refractivity contribution in [3.8, 4) is 17.1 Å². The quantitative estimate of drug-likeness (QED) is 0.756. The van der Waals surface area contributed by atoms with Gasteiger partial charge in [0.1, 0.15) is 18.1 Å². The summed E-state index contributed by atoms with van der Waals surface area (Å²) in [4.78, 5) is 29.6. The monoisotopic (exact) mass is 363 g/mol. The smallest absolute Gasteiger partial charge is 0.254 e. The van der Waals surface area contributed by atoms with Crippen molar-refractivity contribution < 1.29 is 9.53 Å². The number of nitrogens with one attached hydrogen (secondary N) is 1. The highest BCUT2D eigenvalue weighted by atomic mass is 16.5. The van der Waals surface area contributed by atoms with E-state index >= 15 is 0 Å². The van der Waals surface area contributed by atoms with Gasteiger partial charge in [-0.3, -0.25) is 14.2 Å². The van der Waals surface area contributed by atoms with Gasteiger partial charge in [-0.25, -0.2) is 4.98 Å². The van der Waals surface area contributed by atoms with E-state index in [0.717, 1.165) is 11.1 Å². The van der Waals surface area contributed by atoms with Gasteiger partial charge in [-0.1, -0.05) is 36.4 Å². The molecule has 1 aromatic heterocycles. The lowest BCUT2D eigenvalue weighted by Crippen LogP contribution is -2.29. The minimum atomic E-state index is -0.330. The van der Waals surface area contributed by atoms with Crippen LogP contribution in [0, 0.1) is 13.8 Å². The SMILES string of the molecule is COc1ccc(C)cc1NC(=O)Cn1c(-c2ccccc2)nc(C)cc1=O. The molecule has 0 aliphatic heterocycles. The Morgan fingerprint density at radius 1 is 1.11 bits per heavy atom. The summed E-state index contributed by atoms with van der Waals surface area (Å²) < 4.78 is 6.66. The fourth-order valence-corrected chi connectivity index (χ4v) is 2.83. The number of nitrogens with zero attached hydrogens (tertiary/aromatic N) is 2. The third-order valence-corrected chi connectivity index (χ3v) is 4.10. The highest BCUT2D eigenvalue weighted by Gasteiger charge is 2.14. The average molecular weight is 363 g/mol. The highest BCUT2D eigenvalue weighted by Crippen LogP contribution is 2.25. The van der Waals surface area contributed by atoms with Crippen LogP contribution < -0.4 is 15.6 Å². The molecule has 0 atom stereocenters. The largest absolute Gasteiger partial charge is 0.495 e. The molecule has 1 amide bonds. The van der Waals surface area contributed by atoms with Crippen molar-refractivity contribution in [2.24, 2.45) is 0 Å². The maximum Gasteiger partial charge on any atom is 0.254 e. The summed E-state index contributed by atoms with van der Waals surface area (Å²) in [5, 5.41) is 2.82. The van der Waals surface area contributed by atoms with Crippen LogP contribution in [0.3, 0.4) is 0 Å². The van der Waals surface area contributed by atoms with Crippen LogP contribution in [0.1, 0.15) is 11.3 Å². The number of aryl methyl sites for hydroxylation is 2. The Morgan fingerprint density at radius 3 is 2.56 bits per heavy atom. The topological polar surface area (TPSA) is 73.2 Å². The van der Waals surface area contributed by atoms with Crippen LogP contribution in [0.25, 0.3) is 11.4 Å². The van der Waals surface area contributed by atoms with Gasteiger partial charge in [0.15, 0.2) is 0 Å². The molecule has 1 heterocycles. The van der Waals surface area contributed by atoms with E-state index < -0.39 is 0 Å². The lowest BCUT2D eigenvalue weighted by molar-refractivity contribution is -0.116. The molecule has 0 saturated heterocycles. The number of carbonyl (C=O) groups excluding carboxylic acids is 1. The van der Waals surface area contributed by atoms with Gasteiger partial charge < -0.3 is 10.1 Å². The molecule has 6 nitrogen and oxygen atoms in total. The number of ether oxygens (including phenoxy) is 1. The summed E-state index contributed by atoms with van der Waals surface area (Å²) in [6, 6.07) is 16.3. The Kier molecular flexibility index (Phi) is 5.35. The Balaban J connectivity index is 1.93. The molecule has 2 aromatic carbocycles. The predicted octanol–water partition coefficient (Wildman–Crippen LogP) is 3.17. The fraction of sp³-hybridized carbons (Fsp3) is 0.190. The molecule has 0 radical (unpaired) electrons. The summed E-state index contributed by atoms with van der Waals surface area (Å²) in [5.41, 5.74) is 2.67. The minimum Gasteiger partial charge on any atom is -0.495 e. The van der Waals surface area contributed by atoms with Crippen molar-refractivity contribution in [3.05, 3.63) is 76.2 Å². The molecule has 0 aliphatic rings. The van der Waals surface area contributed by atoms with Crippen LogP contribution in [0.15, 0.2) is 59.4 Å². The van der Waals surface area contributed by atoms with Gasteiger partial charge in [-0.05, 0) is 31.5 Å². The van der Waals surface area contributed by atoms with E-state index in [1.165, 1.54) is 10.6 Å². The molecule has 3 rings (SSSR count). The first-order valence-electron chi connectivity index (χ1n) is 8.56. The molecule has 3 aromatic rings. The Labute approximate surface area is 157 Å². The van der Waals surface area contributed by atoms with Crippen molar-refractivity contribution >= 4 is 11.6 Å².